The first-order chi connectivity index (χ1) is 39.9. The lowest BCUT2D eigenvalue weighted by Crippen LogP contribution is -2.60. The SMILES string of the molecule is CC(=O)N1[C@H](C(=O)N[C@H]2CC(=O)NCCCC[C@@H](C(N)=O)NC(=O)CCCNC(=O)[C@H](Cc3c[nH]c4ccccc34)NC(=O)[C@H](CCCN=C(N)N)NC(=O)[C@@H](Cc3ccccc3)NC(=O)[C@H](Cc3cnc[nH]3)NC2=O)C[C@@H]2CCCC[C@@H]21. The normalized spacial score (nSPS) is 25.1. The zero-order valence-electron chi connectivity index (χ0n) is 46.7. The van der Waals surface area contributed by atoms with Gasteiger partial charge in [0.15, 0.2) is 5.96 Å². The van der Waals surface area contributed by atoms with Gasteiger partial charge >= 0.3 is 0 Å². The Hall–Kier alpha value is -8.84. The van der Waals surface area contributed by atoms with Crippen molar-refractivity contribution >= 4 is 75.9 Å². The Morgan fingerprint density at radius 1 is 0.687 bits per heavy atom. The Morgan fingerprint density at radius 2 is 1.35 bits per heavy atom. The summed E-state index contributed by atoms with van der Waals surface area (Å²) in [5, 5.41) is 22.9. The molecule has 10 amide bonds. The number of hydrogen-bond donors (Lipinski definition) is 13. The smallest absolute Gasteiger partial charge is 0.243 e. The number of aliphatic imine (C=N–C) groups is 1. The second kappa shape index (κ2) is 30.3. The number of likely N-dealkylation sites (tertiary alicyclic amines) is 1. The topological polar surface area (TPSA) is 405 Å². The maximum absolute atomic E-state index is 14.9. The van der Waals surface area contributed by atoms with Gasteiger partial charge in [-0.05, 0) is 80.9 Å². The second-order valence-corrected chi connectivity index (χ2v) is 21.5. The minimum Gasteiger partial charge on any atom is -0.370 e. The molecule has 3 aliphatic rings. The zero-order chi connectivity index (χ0) is 59.4. The number of hydrogen-bond acceptors (Lipinski definition) is 12. The largest absolute Gasteiger partial charge is 0.370 e. The van der Waals surface area contributed by atoms with E-state index < -0.39 is 102 Å². The van der Waals surface area contributed by atoms with Crippen LogP contribution in [0.25, 0.3) is 10.9 Å². The number of benzene rings is 2. The van der Waals surface area contributed by atoms with Crippen LogP contribution < -0.4 is 59.7 Å². The van der Waals surface area contributed by atoms with E-state index in [0.717, 1.165) is 36.6 Å². The summed E-state index contributed by atoms with van der Waals surface area (Å²) in [5.74, 6) is -6.97. The van der Waals surface area contributed by atoms with Gasteiger partial charge < -0.3 is 74.6 Å². The molecule has 2 aromatic carbocycles. The van der Waals surface area contributed by atoms with Crippen LogP contribution in [0.15, 0.2) is 78.3 Å². The lowest BCUT2D eigenvalue weighted by molar-refractivity contribution is -0.141. The quantitative estimate of drug-likeness (QED) is 0.0441. The van der Waals surface area contributed by atoms with Crippen LogP contribution in [0.3, 0.4) is 0 Å². The number of aromatic nitrogens is 3. The summed E-state index contributed by atoms with van der Waals surface area (Å²) in [5.41, 5.74) is 19.4. The van der Waals surface area contributed by atoms with Crippen molar-refractivity contribution < 1.29 is 47.9 Å². The fourth-order valence-corrected chi connectivity index (χ4v) is 11.2. The lowest BCUT2D eigenvalue weighted by atomic mass is 9.84. The van der Waals surface area contributed by atoms with Crippen LogP contribution in [0, 0.1) is 5.92 Å². The van der Waals surface area contributed by atoms with Crippen molar-refractivity contribution in [1.82, 2.24) is 62.4 Å². The number of rotatable bonds is 13. The van der Waals surface area contributed by atoms with Gasteiger partial charge in [0.25, 0.3) is 0 Å². The molecule has 3 fully saturated rings. The molecule has 7 rings (SSSR count). The number of carbonyl (C=O) groups is 10. The Labute approximate surface area is 480 Å². The highest BCUT2D eigenvalue weighted by Crippen LogP contribution is 2.40. The molecule has 9 atom stereocenters. The highest BCUT2D eigenvalue weighted by atomic mass is 16.2. The molecule has 83 heavy (non-hydrogen) atoms. The number of imidazole rings is 1. The molecule has 4 aromatic rings. The predicted octanol–water partition coefficient (Wildman–Crippen LogP) is -0.867. The third-order valence-electron chi connectivity index (χ3n) is 15.4. The average Bonchev–Trinajstić information content (AvgIpc) is 3.84. The fourth-order valence-electron chi connectivity index (χ4n) is 11.2. The van der Waals surface area contributed by atoms with Crippen molar-refractivity contribution in [1.29, 1.82) is 0 Å². The predicted molar refractivity (Wildman–Crippen MR) is 306 cm³/mol. The van der Waals surface area contributed by atoms with Gasteiger partial charge in [-0.1, -0.05) is 61.4 Å². The Bertz CT molecular complexity index is 2950. The third-order valence-corrected chi connectivity index (χ3v) is 15.4. The van der Waals surface area contributed by atoms with Gasteiger partial charge in [0.1, 0.15) is 42.3 Å². The number of primary amides is 1. The molecular weight excluding hydrogens is 1070 g/mol. The molecule has 0 spiro atoms. The number of nitrogens with zero attached hydrogens (tertiary/aromatic N) is 3. The van der Waals surface area contributed by atoms with Gasteiger partial charge in [0, 0.05) is 87.3 Å². The fraction of sp³-hybridized carbons (Fsp3) is 0.509. The maximum Gasteiger partial charge on any atom is 0.243 e. The highest BCUT2D eigenvalue weighted by molar-refractivity contribution is 5.99. The first-order valence-electron chi connectivity index (χ1n) is 28.5. The monoisotopic (exact) mass is 1150 g/mol. The number of aromatic amines is 2. The molecule has 0 bridgehead atoms. The molecule has 16 N–H and O–H groups in total. The van der Waals surface area contributed by atoms with Crippen molar-refractivity contribution in [2.24, 2.45) is 28.1 Å². The summed E-state index contributed by atoms with van der Waals surface area (Å²) in [7, 11) is 0. The number of amides is 10. The molecule has 26 heteroatoms. The van der Waals surface area contributed by atoms with Crippen LogP contribution in [0.2, 0.25) is 0 Å². The van der Waals surface area contributed by atoms with E-state index in [0.29, 0.717) is 36.1 Å². The Morgan fingerprint density at radius 3 is 2.07 bits per heavy atom. The summed E-state index contributed by atoms with van der Waals surface area (Å²) in [6, 6.07) is 6.97. The number of fused-ring (bicyclic) bond motifs is 2. The molecule has 1 aliphatic carbocycles. The van der Waals surface area contributed by atoms with Crippen molar-refractivity contribution in [3.05, 3.63) is 90.1 Å². The standard InChI is InChI=1S/C57H78N16O10/c1-33(74)73-46-20-8-5-15-35(46)27-47(73)56(83)72-45-29-49(76)62-22-10-9-18-40(50(58)77)67-48(75)21-12-23-63-51(78)43(26-36-30-65-39-17-7-6-16-38(36)39)70-52(79)41(19-11-24-64-57(59)60)68-53(80)42(25-34-13-3-2-4-14-34)69-54(81)44(71-55(45)82)28-37-31-61-32-66-37/h2-4,6-7,13-14,16-17,30-32,35,40-47,65H,5,8-12,15,18-29H2,1H3,(H2,58,77)(H,61,66)(H,62,76)(H,63,78)(H,67,75)(H,68,80)(H,69,81)(H,70,79)(H,71,82)(H,72,83)(H4,59,60,64)/t35-,40-,41-,42+,43-,44-,45-,46-,47-/m0/s1. The molecule has 26 nitrogen and oxygen atoms in total. The van der Waals surface area contributed by atoms with Crippen LogP contribution in [0.4, 0.5) is 0 Å². The maximum atomic E-state index is 14.9. The minimum absolute atomic E-state index is 0.000248. The summed E-state index contributed by atoms with van der Waals surface area (Å²) in [6.07, 6.45) is 8.30. The number of H-pyrrole nitrogens is 2. The zero-order valence-corrected chi connectivity index (χ0v) is 46.7. The number of nitrogens with one attached hydrogen (secondary N) is 10. The van der Waals surface area contributed by atoms with Crippen molar-refractivity contribution in [2.75, 3.05) is 19.6 Å². The van der Waals surface area contributed by atoms with Crippen molar-refractivity contribution in [3.63, 3.8) is 0 Å². The Balaban J connectivity index is 1.21. The van der Waals surface area contributed by atoms with Crippen molar-refractivity contribution in [2.45, 2.75) is 158 Å². The molecular formula is C57H78N16O10. The van der Waals surface area contributed by atoms with Gasteiger partial charge in [0.2, 0.25) is 59.1 Å². The van der Waals surface area contributed by atoms with E-state index in [2.05, 4.69) is 62.5 Å². The van der Waals surface area contributed by atoms with Crippen LogP contribution in [0.1, 0.15) is 107 Å². The molecule has 0 unspecified atom stereocenters. The molecule has 2 saturated heterocycles. The van der Waals surface area contributed by atoms with Crippen LogP contribution in [0.5, 0.6) is 0 Å². The molecule has 2 aromatic heterocycles. The van der Waals surface area contributed by atoms with Gasteiger partial charge in [0.05, 0.1) is 12.7 Å². The van der Waals surface area contributed by atoms with Crippen molar-refractivity contribution in [3.8, 4) is 0 Å². The summed E-state index contributed by atoms with van der Waals surface area (Å²) in [4.78, 5) is 156. The molecule has 2 aliphatic heterocycles. The van der Waals surface area contributed by atoms with Gasteiger partial charge in [-0.25, -0.2) is 4.98 Å². The van der Waals surface area contributed by atoms with E-state index in [1.54, 1.807) is 41.4 Å². The minimum atomic E-state index is -1.58. The van der Waals surface area contributed by atoms with E-state index >= 15 is 0 Å². The summed E-state index contributed by atoms with van der Waals surface area (Å²) in [6.45, 7) is 1.52. The van der Waals surface area contributed by atoms with Crippen LogP contribution >= 0.6 is 0 Å². The van der Waals surface area contributed by atoms with E-state index in [9.17, 15) is 47.9 Å². The molecule has 446 valence electrons. The van der Waals surface area contributed by atoms with E-state index in [-0.39, 0.29) is 94.8 Å². The average molecular weight is 1150 g/mol. The molecule has 1 saturated carbocycles. The second-order valence-electron chi connectivity index (χ2n) is 21.5. The first-order valence-corrected chi connectivity index (χ1v) is 28.5. The van der Waals surface area contributed by atoms with E-state index in [4.69, 9.17) is 17.2 Å². The van der Waals surface area contributed by atoms with E-state index in [1.807, 2.05) is 24.3 Å². The number of carbonyl (C=O) groups excluding carboxylic acids is 10. The lowest BCUT2D eigenvalue weighted by Gasteiger charge is -2.33. The summed E-state index contributed by atoms with van der Waals surface area (Å²) < 4.78 is 0. The number of nitrogens with two attached hydrogens (primary N) is 3. The highest BCUT2D eigenvalue weighted by Gasteiger charge is 2.47. The van der Waals surface area contributed by atoms with Gasteiger partial charge in [-0.3, -0.25) is 52.9 Å². The number of para-hydroxylation sites is 1. The summed E-state index contributed by atoms with van der Waals surface area (Å²) >= 11 is 0. The van der Waals surface area contributed by atoms with Gasteiger partial charge in [-0.15, -0.1) is 0 Å². The van der Waals surface area contributed by atoms with E-state index in [1.165, 1.54) is 19.4 Å². The van der Waals surface area contributed by atoms with Crippen LogP contribution in [-0.2, 0) is 67.2 Å². The van der Waals surface area contributed by atoms with Gasteiger partial charge in [-0.2, -0.15) is 0 Å². The molecule has 0 radical (unpaired) electrons. The first kappa shape index (κ1) is 61.8. The third kappa shape index (κ3) is 18.1. The molecule has 4 heterocycles. The van der Waals surface area contributed by atoms with Crippen LogP contribution in [-0.4, -0.2) is 153 Å². The number of guanidine groups is 1. The Kier molecular flexibility index (Phi) is 22.5.